The normalized spacial score (nSPS) is 13.2. The van der Waals surface area contributed by atoms with Crippen molar-refractivity contribution in [2.24, 2.45) is 5.41 Å². The molecule has 0 aliphatic rings. The number of aliphatic hydroxyl groups excluding tert-OH is 2. The highest BCUT2D eigenvalue weighted by Gasteiger charge is 2.17. The molecule has 0 bridgehead atoms. The minimum absolute atomic E-state index is 0.107. The number of halogens is 1. The molecule has 1 aromatic carbocycles. The van der Waals surface area contributed by atoms with E-state index in [2.05, 4.69) is 19.2 Å². The van der Waals surface area contributed by atoms with Gasteiger partial charge in [-0.25, -0.2) is 0 Å². The van der Waals surface area contributed by atoms with E-state index in [-0.39, 0.29) is 18.6 Å². The van der Waals surface area contributed by atoms with Gasteiger partial charge in [0.15, 0.2) is 0 Å². The second kappa shape index (κ2) is 9.26. The third kappa shape index (κ3) is 8.27. The lowest BCUT2D eigenvalue weighted by Crippen LogP contribution is -2.37. The Hall–Kier alpha value is -0.810. The van der Waals surface area contributed by atoms with E-state index in [0.717, 1.165) is 19.4 Å². The largest absolute Gasteiger partial charge is 0.491 e. The van der Waals surface area contributed by atoms with Crippen molar-refractivity contribution in [2.45, 2.75) is 32.8 Å². The van der Waals surface area contributed by atoms with Crippen molar-refractivity contribution in [2.75, 3.05) is 26.3 Å². The van der Waals surface area contributed by atoms with Gasteiger partial charge in [0.1, 0.15) is 18.5 Å². The second-order valence-corrected chi connectivity index (χ2v) is 6.48. The van der Waals surface area contributed by atoms with E-state index in [9.17, 15) is 5.11 Å². The highest BCUT2D eigenvalue weighted by atomic mass is 35.5. The summed E-state index contributed by atoms with van der Waals surface area (Å²) in [6.07, 6.45) is 1.18. The summed E-state index contributed by atoms with van der Waals surface area (Å²) in [6, 6.07) is 7.12. The molecule has 1 atom stereocenters. The van der Waals surface area contributed by atoms with Gasteiger partial charge < -0.3 is 20.3 Å². The van der Waals surface area contributed by atoms with Crippen LogP contribution in [-0.4, -0.2) is 42.6 Å². The van der Waals surface area contributed by atoms with E-state index >= 15 is 0 Å². The molecule has 4 nitrogen and oxygen atoms in total. The first-order valence-electron chi connectivity index (χ1n) is 7.31. The maximum Gasteiger partial charge on any atom is 0.120 e. The summed E-state index contributed by atoms with van der Waals surface area (Å²) in [4.78, 5) is 0. The number of rotatable bonds is 10. The number of ether oxygens (including phenoxy) is 1. The van der Waals surface area contributed by atoms with Crippen molar-refractivity contribution in [3.63, 3.8) is 0 Å². The quantitative estimate of drug-likeness (QED) is 0.621. The minimum Gasteiger partial charge on any atom is -0.491 e. The van der Waals surface area contributed by atoms with Crippen LogP contribution in [0.15, 0.2) is 24.3 Å². The van der Waals surface area contributed by atoms with E-state index in [4.69, 9.17) is 21.4 Å². The first-order chi connectivity index (χ1) is 9.93. The predicted molar refractivity (Wildman–Crippen MR) is 85.9 cm³/mol. The summed E-state index contributed by atoms with van der Waals surface area (Å²) >= 11 is 5.86. The Balaban J connectivity index is 2.20. The van der Waals surface area contributed by atoms with Crippen molar-refractivity contribution < 1.29 is 14.9 Å². The zero-order valence-electron chi connectivity index (χ0n) is 12.8. The Bertz CT molecular complexity index is 412. The molecule has 3 N–H and O–H groups in total. The molecule has 0 saturated heterocycles. The van der Waals surface area contributed by atoms with E-state index in [1.54, 1.807) is 12.1 Å². The number of hydrogen-bond donors (Lipinski definition) is 3. The fourth-order valence-corrected chi connectivity index (χ4v) is 2.21. The summed E-state index contributed by atoms with van der Waals surface area (Å²) in [5.74, 6) is 0.657. The molecule has 1 aromatic rings. The third-order valence-corrected chi connectivity index (χ3v) is 3.47. The molecule has 0 radical (unpaired) electrons. The molecule has 0 spiro atoms. The highest BCUT2D eigenvalue weighted by Crippen LogP contribution is 2.20. The zero-order chi connectivity index (χ0) is 15.7. The molecule has 1 rings (SSSR count). The summed E-state index contributed by atoms with van der Waals surface area (Å²) < 4.78 is 5.49. The molecule has 1 unspecified atom stereocenters. The van der Waals surface area contributed by atoms with Gasteiger partial charge >= 0.3 is 0 Å². The standard InChI is InChI=1S/C16H26ClNO3/c1-16(2,7-4-8-19)12-18-10-14(20)11-21-15-6-3-5-13(17)9-15/h3,5-6,9,14,18-20H,4,7-8,10-12H2,1-2H3. The van der Waals surface area contributed by atoms with E-state index in [0.29, 0.717) is 17.3 Å². The first kappa shape index (κ1) is 18.2. The Morgan fingerprint density at radius 1 is 1.38 bits per heavy atom. The Morgan fingerprint density at radius 2 is 2.14 bits per heavy atom. The minimum atomic E-state index is -0.572. The van der Waals surface area contributed by atoms with Gasteiger partial charge in [-0.2, -0.15) is 0 Å². The fraction of sp³-hybridized carbons (Fsp3) is 0.625. The zero-order valence-corrected chi connectivity index (χ0v) is 13.6. The molecule has 120 valence electrons. The maximum atomic E-state index is 9.89. The number of aliphatic hydroxyl groups is 2. The lowest BCUT2D eigenvalue weighted by molar-refractivity contribution is 0.103. The Labute approximate surface area is 132 Å². The van der Waals surface area contributed by atoms with Gasteiger partial charge in [-0.15, -0.1) is 0 Å². The molecular weight excluding hydrogens is 290 g/mol. The smallest absolute Gasteiger partial charge is 0.120 e. The molecule has 5 heteroatoms. The Morgan fingerprint density at radius 3 is 2.81 bits per heavy atom. The topological polar surface area (TPSA) is 61.7 Å². The van der Waals surface area contributed by atoms with Gasteiger partial charge in [0.2, 0.25) is 0 Å². The molecule has 0 heterocycles. The lowest BCUT2D eigenvalue weighted by Gasteiger charge is -2.25. The number of benzene rings is 1. The Kier molecular flexibility index (Phi) is 8.04. The molecule has 0 aliphatic carbocycles. The van der Waals surface area contributed by atoms with Crippen molar-refractivity contribution >= 4 is 11.6 Å². The van der Waals surface area contributed by atoms with Gasteiger partial charge in [-0.3, -0.25) is 0 Å². The van der Waals surface area contributed by atoms with Crippen molar-refractivity contribution in [1.29, 1.82) is 0 Å². The predicted octanol–water partition coefficient (Wildman–Crippen LogP) is 2.47. The van der Waals surface area contributed by atoms with E-state index in [1.165, 1.54) is 0 Å². The van der Waals surface area contributed by atoms with Crippen LogP contribution >= 0.6 is 11.6 Å². The summed E-state index contributed by atoms with van der Waals surface area (Å²) in [5, 5.41) is 22.6. The molecule has 0 amide bonds. The average Bonchev–Trinajstić information content (AvgIpc) is 2.43. The van der Waals surface area contributed by atoms with Crippen LogP contribution < -0.4 is 10.1 Å². The first-order valence-corrected chi connectivity index (χ1v) is 7.69. The van der Waals surface area contributed by atoms with E-state index < -0.39 is 6.10 Å². The van der Waals surface area contributed by atoms with Crippen LogP contribution in [0.5, 0.6) is 5.75 Å². The SMILES string of the molecule is CC(C)(CCCO)CNCC(O)COc1cccc(Cl)c1. The van der Waals surface area contributed by atoms with E-state index in [1.807, 2.05) is 12.1 Å². The van der Waals surface area contributed by atoms with Crippen LogP contribution in [0.25, 0.3) is 0 Å². The average molecular weight is 316 g/mol. The molecule has 21 heavy (non-hydrogen) atoms. The van der Waals surface area contributed by atoms with Crippen molar-refractivity contribution in [3.8, 4) is 5.75 Å². The molecular formula is C16H26ClNO3. The van der Waals surface area contributed by atoms with Crippen molar-refractivity contribution in [1.82, 2.24) is 5.32 Å². The monoisotopic (exact) mass is 315 g/mol. The number of hydrogen-bond acceptors (Lipinski definition) is 4. The van der Waals surface area contributed by atoms with Gasteiger partial charge in [0.25, 0.3) is 0 Å². The molecule has 0 fully saturated rings. The van der Waals surface area contributed by atoms with Crippen LogP contribution in [0.1, 0.15) is 26.7 Å². The summed E-state index contributed by atoms with van der Waals surface area (Å²) in [6.45, 7) is 6.00. The van der Waals surface area contributed by atoms with Gasteiger partial charge in [0, 0.05) is 24.7 Å². The summed E-state index contributed by atoms with van der Waals surface area (Å²) in [5.41, 5.74) is 0.107. The van der Waals surface area contributed by atoms with Gasteiger partial charge in [-0.1, -0.05) is 31.5 Å². The van der Waals surface area contributed by atoms with Gasteiger partial charge in [-0.05, 0) is 36.5 Å². The molecule has 0 aliphatic heterocycles. The van der Waals surface area contributed by atoms with Crippen LogP contribution in [0.3, 0.4) is 0 Å². The van der Waals surface area contributed by atoms with Crippen LogP contribution in [0, 0.1) is 5.41 Å². The molecule has 0 aromatic heterocycles. The fourth-order valence-electron chi connectivity index (χ4n) is 2.03. The van der Waals surface area contributed by atoms with Crippen molar-refractivity contribution in [3.05, 3.63) is 29.3 Å². The number of nitrogens with one attached hydrogen (secondary N) is 1. The maximum absolute atomic E-state index is 9.89. The second-order valence-electron chi connectivity index (χ2n) is 6.04. The third-order valence-electron chi connectivity index (χ3n) is 3.23. The van der Waals surface area contributed by atoms with Crippen LogP contribution in [0.4, 0.5) is 0 Å². The summed E-state index contributed by atoms with van der Waals surface area (Å²) in [7, 11) is 0. The highest BCUT2D eigenvalue weighted by molar-refractivity contribution is 6.30. The van der Waals surface area contributed by atoms with Crippen LogP contribution in [-0.2, 0) is 0 Å². The van der Waals surface area contributed by atoms with Gasteiger partial charge in [0.05, 0.1) is 0 Å². The molecule has 0 saturated carbocycles. The van der Waals surface area contributed by atoms with Crippen LogP contribution in [0.2, 0.25) is 5.02 Å². The lowest BCUT2D eigenvalue weighted by atomic mass is 9.88.